The maximum absolute atomic E-state index is 5.27. The van der Waals surface area contributed by atoms with Gasteiger partial charge in [0.05, 0.1) is 7.11 Å². The largest absolute Gasteiger partial charge is 0.496 e. The van der Waals surface area contributed by atoms with Gasteiger partial charge in [0.15, 0.2) is 0 Å². The van der Waals surface area contributed by atoms with Crippen molar-refractivity contribution >= 4 is 11.5 Å². The number of rotatable bonds is 3. The molecule has 1 aromatic carbocycles. The lowest BCUT2D eigenvalue weighted by Gasteiger charge is -2.11. The molecule has 0 aliphatic rings. The van der Waals surface area contributed by atoms with Crippen LogP contribution in [-0.2, 0) is 0 Å². The van der Waals surface area contributed by atoms with E-state index in [-0.39, 0.29) is 0 Å². The summed E-state index contributed by atoms with van der Waals surface area (Å²) in [5.41, 5.74) is 2.05. The molecule has 17 heavy (non-hydrogen) atoms. The quantitative estimate of drug-likeness (QED) is 0.879. The van der Waals surface area contributed by atoms with Crippen LogP contribution >= 0.6 is 0 Å². The molecule has 1 heterocycles. The van der Waals surface area contributed by atoms with Gasteiger partial charge < -0.3 is 10.1 Å². The van der Waals surface area contributed by atoms with Gasteiger partial charge in [-0.3, -0.25) is 0 Å². The Morgan fingerprint density at radius 2 is 2.00 bits per heavy atom. The first kappa shape index (κ1) is 11.4. The summed E-state index contributed by atoms with van der Waals surface area (Å²) >= 11 is 0. The molecule has 4 nitrogen and oxygen atoms in total. The third kappa shape index (κ3) is 2.53. The van der Waals surface area contributed by atoms with Crippen molar-refractivity contribution < 1.29 is 4.74 Å². The maximum Gasteiger partial charge on any atom is 0.134 e. The molecule has 0 bridgehead atoms. The van der Waals surface area contributed by atoms with Crippen LogP contribution in [0.4, 0.5) is 11.5 Å². The van der Waals surface area contributed by atoms with Crippen molar-refractivity contribution in [2.75, 3.05) is 12.4 Å². The predicted octanol–water partition coefficient (Wildman–Crippen LogP) is 2.85. The maximum atomic E-state index is 5.27. The van der Waals surface area contributed by atoms with Gasteiger partial charge in [0, 0.05) is 17.4 Å². The second kappa shape index (κ2) is 4.82. The molecule has 0 spiro atoms. The zero-order chi connectivity index (χ0) is 12.3. The van der Waals surface area contributed by atoms with E-state index in [1.807, 2.05) is 38.1 Å². The first-order chi connectivity index (χ1) is 8.20. The molecule has 4 heteroatoms. The van der Waals surface area contributed by atoms with Gasteiger partial charge in [0.25, 0.3) is 0 Å². The fourth-order valence-electron chi connectivity index (χ4n) is 1.63. The van der Waals surface area contributed by atoms with Crippen LogP contribution in [0.25, 0.3) is 0 Å². The normalized spacial score (nSPS) is 10.1. The average Bonchev–Trinajstić information content (AvgIpc) is 2.32. The SMILES string of the molecule is COc1cccc(Nc2ccnc(C)n2)c1C. The highest BCUT2D eigenvalue weighted by atomic mass is 16.5. The number of ether oxygens (including phenoxy) is 1. The van der Waals surface area contributed by atoms with Crippen molar-refractivity contribution in [3.05, 3.63) is 41.9 Å². The number of methoxy groups -OCH3 is 1. The van der Waals surface area contributed by atoms with Crippen molar-refractivity contribution in [1.82, 2.24) is 9.97 Å². The zero-order valence-corrected chi connectivity index (χ0v) is 10.2. The lowest BCUT2D eigenvalue weighted by Crippen LogP contribution is -1.99. The van der Waals surface area contributed by atoms with Crippen molar-refractivity contribution in [1.29, 1.82) is 0 Å². The second-order valence-electron chi connectivity index (χ2n) is 3.75. The summed E-state index contributed by atoms with van der Waals surface area (Å²) in [6.45, 7) is 3.87. The molecule has 2 aromatic rings. The fourth-order valence-corrected chi connectivity index (χ4v) is 1.63. The van der Waals surface area contributed by atoms with Crippen LogP contribution in [0.2, 0.25) is 0 Å². The third-order valence-corrected chi connectivity index (χ3v) is 2.54. The van der Waals surface area contributed by atoms with Crippen molar-refractivity contribution in [3.8, 4) is 5.75 Å². The van der Waals surface area contributed by atoms with Crippen molar-refractivity contribution in [2.45, 2.75) is 13.8 Å². The average molecular weight is 229 g/mol. The number of nitrogens with zero attached hydrogens (tertiary/aromatic N) is 2. The number of nitrogens with one attached hydrogen (secondary N) is 1. The topological polar surface area (TPSA) is 47.0 Å². The number of hydrogen-bond donors (Lipinski definition) is 1. The van der Waals surface area contributed by atoms with E-state index in [1.165, 1.54) is 0 Å². The van der Waals surface area contributed by atoms with E-state index in [2.05, 4.69) is 15.3 Å². The van der Waals surface area contributed by atoms with Crippen LogP contribution in [0.15, 0.2) is 30.5 Å². The fraction of sp³-hybridized carbons (Fsp3) is 0.231. The Hall–Kier alpha value is -2.10. The van der Waals surface area contributed by atoms with Crippen LogP contribution in [0, 0.1) is 13.8 Å². The highest BCUT2D eigenvalue weighted by Crippen LogP contribution is 2.26. The molecule has 0 saturated heterocycles. The van der Waals surface area contributed by atoms with Crippen LogP contribution < -0.4 is 10.1 Å². The Kier molecular flexibility index (Phi) is 3.23. The van der Waals surface area contributed by atoms with E-state index < -0.39 is 0 Å². The van der Waals surface area contributed by atoms with E-state index in [4.69, 9.17) is 4.74 Å². The lowest BCUT2D eigenvalue weighted by molar-refractivity contribution is 0.412. The minimum absolute atomic E-state index is 0.746. The van der Waals surface area contributed by atoms with Gasteiger partial charge in [0.1, 0.15) is 17.4 Å². The first-order valence-corrected chi connectivity index (χ1v) is 5.41. The zero-order valence-electron chi connectivity index (χ0n) is 10.2. The van der Waals surface area contributed by atoms with E-state index in [0.29, 0.717) is 0 Å². The molecule has 1 N–H and O–H groups in total. The summed E-state index contributed by atoms with van der Waals surface area (Å²) in [6.07, 6.45) is 1.74. The monoisotopic (exact) mass is 229 g/mol. The molecule has 88 valence electrons. The summed E-state index contributed by atoms with van der Waals surface area (Å²) in [5, 5.41) is 3.26. The highest BCUT2D eigenvalue weighted by Gasteiger charge is 2.04. The van der Waals surface area contributed by atoms with Crippen molar-refractivity contribution in [3.63, 3.8) is 0 Å². The Labute approximate surface area is 101 Å². The van der Waals surface area contributed by atoms with Gasteiger partial charge in [0.2, 0.25) is 0 Å². The van der Waals surface area contributed by atoms with Crippen LogP contribution in [0.5, 0.6) is 5.75 Å². The molecule has 0 amide bonds. The summed E-state index contributed by atoms with van der Waals surface area (Å²) in [5.74, 6) is 2.39. The standard InChI is InChI=1S/C13H15N3O/c1-9-11(5-4-6-12(9)17-3)16-13-7-8-14-10(2)15-13/h4-8H,1-3H3,(H,14,15,16). The molecule has 0 atom stereocenters. The number of anilines is 2. The first-order valence-electron chi connectivity index (χ1n) is 5.41. The second-order valence-corrected chi connectivity index (χ2v) is 3.75. The highest BCUT2D eigenvalue weighted by molar-refractivity contribution is 5.63. The summed E-state index contributed by atoms with van der Waals surface area (Å²) in [4.78, 5) is 8.36. The Bertz CT molecular complexity index is 526. The van der Waals surface area contributed by atoms with Gasteiger partial charge >= 0.3 is 0 Å². The van der Waals surface area contributed by atoms with Crippen LogP contribution in [-0.4, -0.2) is 17.1 Å². The molecule has 0 radical (unpaired) electrons. The van der Waals surface area contributed by atoms with Gasteiger partial charge in [-0.1, -0.05) is 6.07 Å². The molecular weight excluding hydrogens is 214 g/mol. The minimum Gasteiger partial charge on any atom is -0.496 e. The number of benzene rings is 1. The third-order valence-electron chi connectivity index (χ3n) is 2.54. The van der Waals surface area contributed by atoms with Crippen LogP contribution in [0.1, 0.15) is 11.4 Å². The van der Waals surface area contributed by atoms with Gasteiger partial charge in [-0.05, 0) is 32.0 Å². The summed E-state index contributed by atoms with van der Waals surface area (Å²) < 4.78 is 5.27. The summed E-state index contributed by atoms with van der Waals surface area (Å²) in [6, 6.07) is 7.72. The molecule has 0 unspecified atom stereocenters. The molecule has 2 rings (SSSR count). The summed E-state index contributed by atoms with van der Waals surface area (Å²) in [7, 11) is 1.67. The molecule has 0 saturated carbocycles. The Morgan fingerprint density at radius 1 is 1.18 bits per heavy atom. The Balaban J connectivity index is 2.30. The Morgan fingerprint density at radius 3 is 2.71 bits per heavy atom. The molecule has 0 aliphatic heterocycles. The van der Waals surface area contributed by atoms with Crippen molar-refractivity contribution in [2.24, 2.45) is 0 Å². The minimum atomic E-state index is 0.746. The van der Waals surface area contributed by atoms with E-state index in [9.17, 15) is 0 Å². The van der Waals surface area contributed by atoms with Crippen LogP contribution in [0.3, 0.4) is 0 Å². The molecular formula is C13H15N3O. The van der Waals surface area contributed by atoms with Gasteiger partial charge in [-0.2, -0.15) is 0 Å². The number of aromatic nitrogens is 2. The molecule has 0 fully saturated rings. The van der Waals surface area contributed by atoms with E-state index >= 15 is 0 Å². The molecule has 0 aliphatic carbocycles. The predicted molar refractivity (Wildman–Crippen MR) is 67.8 cm³/mol. The van der Waals surface area contributed by atoms with Gasteiger partial charge in [-0.15, -0.1) is 0 Å². The van der Waals surface area contributed by atoms with E-state index in [1.54, 1.807) is 13.3 Å². The van der Waals surface area contributed by atoms with E-state index in [0.717, 1.165) is 28.6 Å². The lowest BCUT2D eigenvalue weighted by atomic mass is 10.2. The molecule has 1 aromatic heterocycles. The number of aryl methyl sites for hydroxylation is 1. The number of hydrogen-bond acceptors (Lipinski definition) is 4. The smallest absolute Gasteiger partial charge is 0.134 e. The van der Waals surface area contributed by atoms with Gasteiger partial charge in [-0.25, -0.2) is 9.97 Å².